The number of rotatable bonds is 5. The lowest BCUT2D eigenvalue weighted by atomic mass is 10.2. The van der Waals surface area contributed by atoms with Crippen LogP contribution in [0.5, 0.6) is 11.5 Å². The quantitative estimate of drug-likeness (QED) is 0.538. The van der Waals surface area contributed by atoms with Crippen molar-refractivity contribution in [1.82, 2.24) is 14.9 Å². The predicted molar refractivity (Wildman–Crippen MR) is 95.1 cm³/mol. The van der Waals surface area contributed by atoms with E-state index in [1.165, 1.54) is 23.0 Å². The molecule has 0 radical (unpaired) electrons. The minimum absolute atomic E-state index is 0.0472. The first-order chi connectivity index (χ1) is 12.1. The van der Waals surface area contributed by atoms with Crippen LogP contribution < -0.4 is 4.74 Å². The zero-order valence-corrected chi connectivity index (χ0v) is 14.1. The number of hydrogen-bond donors (Lipinski definition) is 2. The van der Waals surface area contributed by atoms with Crippen molar-refractivity contribution in [1.29, 1.82) is 0 Å². The molecule has 6 nitrogen and oxygen atoms in total. The lowest BCUT2D eigenvalue weighted by Crippen LogP contribution is -1.97. The van der Waals surface area contributed by atoms with Crippen LogP contribution in [0, 0.1) is 10.6 Å². The third-order valence-corrected chi connectivity index (χ3v) is 3.64. The predicted octanol–water partition coefficient (Wildman–Crippen LogP) is 3.73. The number of phenolic OH excluding ortho intramolecular Hbond substituents is 1. The Morgan fingerprint density at radius 2 is 2.16 bits per heavy atom. The lowest BCUT2D eigenvalue weighted by molar-refractivity contribution is 0.318. The van der Waals surface area contributed by atoms with Gasteiger partial charge in [-0.05, 0) is 55.0 Å². The molecule has 0 unspecified atom stereocenters. The first-order valence-corrected chi connectivity index (χ1v) is 7.93. The zero-order chi connectivity index (χ0) is 17.8. The Morgan fingerprint density at radius 3 is 2.92 bits per heavy atom. The summed E-state index contributed by atoms with van der Waals surface area (Å²) in [5.41, 5.74) is 0.969. The van der Waals surface area contributed by atoms with Gasteiger partial charge in [-0.3, -0.25) is 0 Å². The van der Waals surface area contributed by atoms with Crippen molar-refractivity contribution < 1.29 is 14.2 Å². The van der Waals surface area contributed by atoms with Crippen LogP contribution >= 0.6 is 12.2 Å². The van der Waals surface area contributed by atoms with E-state index in [0.29, 0.717) is 17.9 Å². The van der Waals surface area contributed by atoms with Crippen molar-refractivity contribution in [2.75, 3.05) is 6.61 Å². The van der Waals surface area contributed by atoms with Gasteiger partial charge in [-0.15, -0.1) is 0 Å². The van der Waals surface area contributed by atoms with Gasteiger partial charge >= 0.3 is 0 Å². The smallest absolute Gasteiger partial charge is 0.216 e. The summed E-state index contributed by atoms with van der Waals surface area (Å²) in [7, 11) is 0. The topological polar surface area (TPSA) is 75.4 Å². The fraction of sp³-hybridized carbons (Fsp3) is 0.118. The molecule has 0 amide bonds. The average molecular weight is 358 g/mol. The molecule has 2 aromatic carbocycles. The summed E-state index contributed by atoms with van der Waals surface area (Å²) in [6.45, 7) is 2.25. The van der Waals surface area contributed by atoms with Gasteiger partial charge in [0, 0.05) is 0 Å². The number of aromatic nitrogens is 3. The Balaban J connectivity index is 1.98. The zero-order valence-electron chi connectivity index (χ0n) is 13.3. The summed E-state index contributed by atoms with van der Waals surface area (Å²) < 4.78 is 20.9. The summed E-state index contributed by atoms with van der Waals surface area (Å²) in [4.78, 5) is 0. The first kappa shape index (κ1) is 16.8. The maximum atomic E-state index is 14.0. The van der Waals surface area contributed by atoms with E-state index >= 15 is 0 Å². The van der Waals surface area contributed by atoms with Crippen LogP contribution in [0.1, 0.15) is 12.5 Å². The molecule has 0 spiro atoms. The highest BCUT2D eigenvalue weighted by Gasteiger charge is 2.12. The second-order valence-electron chi connectivity index (χ2n) is 5.05. The van der Waals surface area contributed by atoms with Crippen LogP contribution in [0.2, 0.25) is 0 Å². The number of benzene rings is 2. The number of phenols is 1. The monoisotopic (exact) mass is 358 g/mol. The Morgan fingerprint density at radius 1 is 1.36 bits per heavy atom. The molecule has 3 aromatic rings. The minimum atomic E-state index is -0.420. The summed E-state index contributed by atoms with van der Waals surface area (Å²) in [6.07, 6.45) is 1.53. The van der Waals surface area contributed by atoms with Crippen molar-refractivity contribution in [3.63, 3.8) is 0 Å². The third kappa shape index (κ3) is 3.58. The van der Waals surface area contributed by atoms with Crippen molar-refractivity contribution in [2.24, 2.45) is 5.10 Å². The van der Waals surface area contributed by atoms with Gasteiger partial charge in [-0.1, -0.05) is 12.1 Å². The molecular weight excluding hydrogens is 343 g/mol. The van der Waals surface area contributed by atoms with Gasteiger partial charge in [-0.25, -0.2) is 9.49 Å². The Bertz CT molecular complexity index is 981. The highest BCUT2D eigenvalue weighted by Crippen LogP contribution is 2.26. The van der Waals surface area contributed by atoms with Crippen molar-refractivity contribution in [3.05, 3.63) is 58.6 Å². The molecule has 8 heteroatoms. The highest BCUT2D eigenvalue weighted by atomic mass is 32.1. The Labute approximate surface area is 148 Å². The molecule has 0 saturated carbocycles. The Hall–Kier alpha value is -3.00. The molecule has 25 heavy (non-hydrogen) atoms. The van der Waals surface area contributed by atoms with Gasteiger partial charge in [0.2, 0.25) is 4.77 Å². The number of aromatic amines is 1. The average Bonchev–Trinajstić information content (AvgIpc) is 2.97. The van der Waals surface area contributed by atoms with E-state index < -0.39 is 5.82 Å². The number of H-pyrrole nitrogens is 1. The van der Waals surface area contributed by atoms with Gasteiger partial charge < -0.3 is 9.84 Å². The third-order valence-electron chi connectivity index (χ3n) is 3.37. The van der Waals surface area contributed by atoms with Crippen LogP contribution in [0.25, 0.3) is 11.4 Å². The van der Waals surface area contributed by atoms with Crippen LogP contribution in [0.4, 0.5) is 4.39 Å². The molecule has 1 heterocycles. The minimum Gasteiger partial charge on any atom is -0.504 e. The van der Waals surface area contributed by atoms with Crippen molar-refractivity contribution in [3.8, 4) is 22.9 Å². The maximum Gasteiger partial charge on any atom is 0.216 e. The second kappa shape index (κ2) is 7.27. The van der Waals surface area contributed by atoms with Gasteiger partial charge in [0.1, 0.15) is 5.82 Å². The number of aromatic hydroxyl groups is 1. The number of halogens is 1. The van der Waals surface area contributed by atoms with Crippen LogP contribution in [-0.2, 0) is 0 Å². The number of hydrogen-bond acceptors (Lipinski definition) is 5. The fourth-order valence-corrected chi connectivity index (χ4v) is 2.40. The van der Waals surface area contributed by atoms with E-state index in [0.717, 1.165) is 0 Å². The van der Waals surface area contributed by atoms with Crippen LogP contribution in [-0.4, -0.2) is 32.8 Å². The molecule has 0 fully saturated rings. The molecule has 0 aliphatic heterocycles. The van der Waals surface area contributed by atoms with Gasteiger partial charge in [0.15, 0.2) is 17.3 Å². The molecule has 1 aromatic heterocycles. The molecular formula is C17H15FN4O2S. The van der Waals surface area contributed by atoms with Crippen molar-refractivity contribution >= 4 is 18.4 Å². The summed E-state index contributed by atoms with van der Waals surface area (Å²) in [6, 6.07) is 11.1. The molecule has 128 valence electrons. The van der Waals surface area contributed by atoms with Gasteiger partial charge in [0.05, 0.1) is 18.4 Å². The van der Waals surface area contributed by atoms with E-state index in [4.69, 9.17) is 17.0 Å². The molecule has 0 saturated heterocycles. The van der Waals surface area contributed by atoms with E-state index in [1.807, 2.05) is 6.92 Å². The number of nitrogens with one attached hydrogen (secondary N) is 1. The van der Waals surface area contributed by atoms with E-state index in [9.17, 15) is 9.50 Å². The molecule has 0 aliphatic carbocycles. The van der Waals surface area contributed by atoms with E-state index in [-0.39, 0.29) is 21.9 Å². The van der Waals surface area contributed by atoms with Gasteiger partial charge in [0.25, 0.3) is 0 Å². The van der Waals surface area contributed by atoms with E-state index in [1.54, 1.807) is 30.3 Å². The van der Waals surface area contributed by atoms with Gasteiger partial charge in [-0.2, -0.15) is 14.9 Å². The molecule has 3 rings (SSSR count). The Kier molecular flexibility index (Phi) is 4.90. The fourth-order valence-electron chi connectivity index (χ4n) is 2.22. The molecule has 2 N–H and O–H groups in total. The van der Waals surface area contributed by atoms with Crippen molar-refractivity contribution in [2.45, 2.75) is 6.92 Å². The number of nitrogens with zero attached hydrogens (tertiary/aromatic N) is 3. The molecule has 0 atom stereocenters. The normalized spacial score (nSPS) is 11.1. The summed E-state index contributed by atoms with van der Waals surface area (Å²) >= 11 is 5.16. The first-order valence-electron chi connectivity index (χ1n) is 7.52. The van der Waals surface area contributed by atoms with E-state index in [2.05, 4.69) is 15.3 Å². The standard InChI is InChI=1S/C17H15FN4O2S/c1-2-24-15-9-11(7-8-14(15)23)10-19-22-16(20-21-17(22)25)12-5-3-4-6-13(12)18/h3-10,23H,2H2,1H3,(H,21,25). The second-order valence-corrected chi connectivity index (χ2v) is 5.44. The van der Waals surface area contributed by atoms with Crippen LogP contribution in [0.15, 0.2) is 47.6 Å². The largest absolute Gasteiger partial charge is 0.504 e. The maximum absolute atomic E-state index is 14.0. The van der Waals surface area contributed by atoms with Crippen LogP contribution in [0.3, 0.4) is 0 Å². The number of ether oxygens (including phenoxy) is 1. The highest BCUT2D eigenvalue weighted by molar-refractivity contribution is 7.71. The molecule has 0 aliphatic rings. The summed E-state index contributed by atoms with van der Waals surface area (Å²) in [5, 5.41) is 20.7. The SMILES string of the molecule is CCOc1cc(C=Nn2c(-c3ccccc3F)n[nH]c2=S)ccc1O. The summed E-state index contributed by atoms with van der Waals surface area (Å²) in [5.74, 6) is 0.252. The lowest BCUT2D eigenvalue weighted by Gasteiger charge is -2.06. The molecule has 0 bridgehead atoms.